The molecule has 14 heteroatoms. The lowest BCUT2D eigenvalue weighted by Crippen LogP contribution is -2.49. The number of nitrogens with zero attached hydrogens (tertiary/aromatic N) is 1. The van der Waals surface area contributed by atoms with Crippen LogP contribution in [0.1, 0.15) is 17.4 Å². The first-order valence-electron chi connectivity index (χ1n) is 7.69. The molecule has 1 atom stereocenters. The Morgan fingerprint density at radius 1 is 1.24 bits per heavy atom. The summed E-state index contributed by atoms with van der Waals surface area (Å²) >= 11 is 11.6. The first kappa shape index (κ1) is 23.4. The Labute approximate surface area is 173 Å². The van der Waals surface area contributed by atoms with E-state index in [0.717, 1.165) is 22.9 Å². The molecular weight excluding hydrogens is 463 g/mol. The summed E-state index contributed by atoms with van der Waals surface area (Å²) in [5.41, 5.74) is 1.43. The number of hydrogen-bond donors (Lipinski definition) is 3. The van der Waals surface area contributed by atoms with Crippen molar-refractivity contribution in [2.75, 3.05) is 5.32 Å². The SMILES string of the molecule is CC(NNS(=O)(=O)c1cn(C)c(C(=O)Nc2ccc(F)c(Cl)c2)c1Cl)C(F)(F)F. The van der Waals surface area contributed by atoms with Gasteiger partial charge in [-0.2, -0.15) is 13.2 Å². The second kappa shape index (κ2) is 8.48. The van der Waals surface area contributed by atoms with Crippen molar-refractivity contribution >= 4 is 44.8 Å². The van der Waals surface area contributed by atoms with Gasteiger partial charge in [0.15, 0.2) is 0 Å². The number of hydrazine groups is 1. The Balaban J connectivity index is 2.26. The molecule has 1 aromatic heterocycles. The van der Waals surface area contributed by atoms with Crippen molar-refractivity contribution in [3.8, 4) is 0 Å². The number of aromatic nitrogens is 1. The van der Waals surface area contributed by atoms with E-state index in [1.165, 1.54) is 13.1 Å². The average Bonchev–Trinajstić information content (AvgIpc) is 2.90. The van der Waals surface area contributed by atoms with E-state index in [1.54, 1.807) is 10.3 Å². The van der Waals surface area contributed by atoms with Crippen LogP contribution in [0.15, 0.2) is 29.3 Å². The fraction of sp³-hybridized carbons (Fsp3) is 0.267. The lowest BCUT2D eigenvalue weighted by atomic mass is 10.3. The number of carbonyl (C=O) groups is 1. The molecule has 0 aliphatic rings. The van der Waals surface area contributed by atoms with Crippen LogP contribution in [0.4, 0.5) is 23.2 Å². The first-order chi connectivity index (χ1) is 13.2. The zero-order valence-corrected chi connectivity index (χ0v) is 17.1. The van der Waals surface area contributed by atoms with Gasteiger partial charge in [0.25, 0.3) is 15.9 Å². The van der Waals surface area contributed by atoms with Crippen molar-refractivity contribution in [3.63, 3.8) is 0 Å². The average molecular weight is 477 g/mol. The van der Waals surface area contributed by atoms with Crippen molar-refractivity contribution in [3.05, 3.63) is 46.0 Å². The molecule has 2 rings (SSSR count). The van der Waals surface area contributed by atoms with E-state index in [1.807, 2.05) is 0 Å². The zero-order chi connectivity index (χ0) is 22.1. The van der Waals surface area contributed by atoms with Gasteiger partial charge >= 0.3 is 6.18 Å². The van der Waals surface area contributed by atoms with Crippen LogP contribution in [0.2, 0.25) is 10.0 Å². The summed E-state index contributed by atoms with van der Waals surface area (Å²) in [7, 11) is -3.22. The molecule has 160 valence electrons. The van der Waals surface area contributed by atoms with E-state index >= 15 is 0 Å². The number of benzene rings is 1. The van der Waals surface area contributed by atoms with Crippen LogP contribution in [0.5, 0.6) is 0 Å². The summed E-state index contributed by atoms with van der Waals surface area (Å²) in [5.74, 6) is -1.56. The van der Waals surface area contributed by atoms with Crippen molar-refractivity contribution in [2.24, 2.45) is 7.05 Å². The van der Waals surface area contributed by atoms with Gasteiger partial charge < -0.3 is 9.88 Å². The summed E-state index contributed by atoms with van der Waals surface area (Å²) in [4.78, 5) is 13.4. The fourth-order valence-electron chi connectivity index (χ4n) is 2.08. The van der Waals surface area contributed by atoms with Crippen LogP contribution in [0.3, 0.4) is 0 Å². The molecule has 0 spiro atoms. The highest BCUT2D eigenvalue weighted by Crippen LogP contribution is 2.28. The Hall–Kier alpha value is -1.86. The number of carbonyl (C=O) groups excluding carboxylic acids is 1. The number of amides is 1. The molecule has 0 bridgehead atoms. The van der Waals surface area contributed by atoms with Crippen molar-refractivity contribution in [2.45, 2.75) is 24.0 Å². The van der Waals surface area contributed by atoms with E-state index < -0.39 is 43.9 Å². The number of alkyl halides is 3. The minimum absolute atomic E-state index is 0.113. The van der Waals surface area contributed by atoms with Crippen LogP contribution in [-0.4, -0.2) is 31.1 Å². The molecule has 0 aliphatic carbocycles. The van der Waals surface area contributed by atoms with Crippen LogP contribution in [0.25, 0.3) is 0 Å². The quantitative estimate of drug-likeness (QED) is 0.439. The van der Waals surface area contributed by atoms with Gasteiger partial charge in [-0.3, -0.25) is 4.79 Å². The summed E-state index contributed by atoms with van der Waals surface area (Å²) in [5, 5.41) is 1.59. The molecule has 7 nitrogen and oxygen atoms in total. The van der Waals surface area contributed by atoms with Gasteiger partial charge in [-0.05, 0) is 25.1 Å². The Morgan fingerprint density at radius 2 is 1.86 bits per heavy atom. The van der Waals surface area contributed by atoms with E-state index in [0.29, 0.717) is 6.92 Å². The van der Waals surface area contributed by atoms with Crippen molar-refractivity contribution in [1.29, 1.82) is 0 Å². The van der Waals surface area contributed by atoms with Crippen LogP contribution in [-0.2, 0) is 17.1 Å². The van der Waals surface area contributed by atoms with Crippen LogP contribution < -0.4 is 15.6 Å². The summed E-state index contributed by atoms with van der Waals surface area (Å²) in [6.45, 7) is 0.710. The van der Waals surface area contributed by atoms with Crippen LogP contribution >= 0.6 is 23.2 Å². The second-order valence-corrected chi connectivity index (χ2v) is 8.30. The van der Waals surface area contributed by atoms with Crippen molar-refractivity contribution < 1.29 is 30.8 Å². The van der Waals surface area contributed by atoms with Gasteiger partial charge in [0.2, 0.25) is 0 Å². The van der Waals surface area contributed by atoms with Gasteiger partial charge in [0, 0.05) is 18.9 Å². The molecule has 3 N–H and O–H groups in total. The van der Waals surface area contributed by atoms with Gasteiger partial charge in [0.05, 0.1) is 10.0 Å². The minimum atomic E-state index is -4.69. The number of halogens is 6. The van der Waals surface area contributed by atoms with E-state index in [2.05, 4.69) is 5.32 Å². The molecule has 0 aliphatic heterocycles. The molecule has 0 radical (unpaired) electrons. The van der Waals surface area contributed by atoms with E-state index in [4.69, 9.17) is 23.2 Å². The lowest BCUT2D eigenvalue weighted by Gasteiger charge is -2.17. The number of hydrogen-bond acceptors (Lipinski definition) is 4. The van der Waals surface area contributed by atoms with Gasteiger partial charge in [0.1, 0.15) is 22.4 Å². The maximum absolute atomic E-state index is 13.2. The highest BCUT2D eigenvalue weighted by atomic mass is 35.5. The summed E-state index contributed by atoms with van der Waals surface area (Å²) in [6.07, 6.45) is -3.73. The van der Waals surface area contributed by atoms with E-state index in [-0.39, 0.29) is 16.4 Å². The summed E-state index contributed by atoms with van der Waals surface area (Å²) < 4.78 is 76.4. The monoisotopic (exact) mass is 476 g/mol. The highest BCUT2D eigenvalue weighted by Gasteiger charge is 2.37. The Kier molecular flexibility index (Phi) is 6.85. The number of rotatable bonds is 6. The number of anilines is 1. The number of sulfonamides is 1. The number of nitrogens with one attached hydrogen (secondary N) is 3. The maximum Gasteiger partial charge on any atom is 0.404 e. The smallest absolute Gasteiger partial charge is 0.344 e. The lowest BCUT2D eigenvalue weighted by molar-refractivity contribution is -0.152. The maximum atomic E-state index is 13.2. The molecule has 0 fully saturated rings. The second-order valence-electron chi connectivity index (χ2n) is 5.86. The standard InChI is InChI=1S/C15H14Cl2F4N4O3S/c1-7(15(19,20)21)23-24-29(27,28)11-6-25(2)13(12(11)17)14(26)22-8-3-4-10(18)9(16)5-8/h3-7,23-24H,1-2H3,(H,22,26). The summed E-state index contributed by atoms with van der Waals surface area (Å²) in [6, 6.07) is 1.19. The molecule has 1 aromatic carbocycles. The molecule has 2 aromatic rings. The first-order valence-corrected chi connectivity index (χ1v) is 9.93. The third-order valence-corrected chi connectivity index (χ3v) is 5.73. The number of aryl methyl sites for hydroxylation is 1. The van der Waals surface area contributed by atoms with Crippen LogP contribution in [0, 0.1) is 5.82 Å². The molecule has 0 saturated heterocycles. The molecule has 1 heterocycles. The van der Waals surface area contributed by atoms with Gasteiger partial charge in [-0.1, -0.05) is 23.2 Å². The molecule has 1 unspecified atom stereocenters. The Morgan fingerprint density at radius 3 is 2.41 bits per heavy atom. The molecule has 29 heavy (non-hydrogen) atoms. The minimum Gasteiger partial charge on any atom is -0.344 e. The normalized spacial score (nSPS) is 13.4. The topological polar surface area (TPSA) is 92.2 Å². The molecule has 1 amide bonds. The largest absolute Gasteiger partial charge is 0.404 e. The van der Waals surface area contributed by atoms with Gasteiger partial charge in [-0.25, -0.2) is 18.2 Å². The predicted octanol–water partition coefficient (Wildman–Crippen LogP) is 3.46. The van der Waals surface area contributed by atoms with Crippen molar-refractivity contribution in [1.82, 2.24) is 14.8 Å². The fourth-order valence-corrected chi connectivity index (χ4v) is 3.91. The zero-order valence-electron chi connectivity index (χ0n) is 14.7. The third-order valence-electron chi connectivity index (χ3n) is 3.67. The highest BCUT2D eigenvalue weighted by molar-refractivity contribution is 7.89. The molecule has 0 saturated carbocycles. The Bertz CT molecular complexity index is 1040. The van der Waals surface area contributed by atoms with E-state index in [9.17, 15) is 30.8 Å². The predicted molar refractivity (Wildman–Crippen MR) is 98.8 cm³/mol. The molecular formula is C15H14Cl2F4N4O3S. The van der Waals surface area contributed by atoms with Gasteiger partial charge in [-0.15, -0.1) is 4.83 Å². The third kappa shape index (κ3) is 5.39.